The van der Waals surface area contributed by atoms with Crippen molar-refractivity contribution < 1.29 is 9.84 Å². The minimum atomic E-state index is -0.537. The number of β-amino-alcohol motifs (C(OH)–C–C–N with tert-alkyl or cyclic N) is 1. The number of hydrogen-bond acceptors (Lipinski definition) is 6. The zero-order chi connectivity index (χ0) is 22.5. The fourth-order valence-corrected chi connectivity index (χ4v) is 5.30. The number of benzene rings is 2. The molecule has 5 nitrogen and oxygen atoms in total. The SMILES string of the molecule is OC(COc1cccc2ncccc12)CN1CCN(C(c2ccccc2)c2ccsc2)CC1. The summed E-state index contributed by atoms with van der Waals surface area (Å²) in [5.41, 5.74) is 3.60. The van der Waals surface area contributed by atoms with E-state index in [-0.39, 0.29) is 12.6 Å². The van der Waals surface area contributed by atoms with E-state index in [0.717, 1.165) is 42.8 Å². The van der Waals surface area contributed by atoms with Crippen molar-refractivity contribution in [2.75, 3.05) is 39.3 Å². The Balaban J connectivity index is 1.16. The molecule has 0 bridgehead atoms. The molecule has 1 fully saturated rings. The molecule has 0 aliphatic carbocycles. The molecule has 0 spiro atoms. The van der Waals surface area contributed by atoms with Gasteiger partial charge in [-0.25, -0.2) is 0 Å². The van der Waals surface area contributed by atoms with Gasteiger partial charge >= 0.3 is 0 Å². The van der Waals surface area contributed by atoms with E-state index in [1.807, 2.05) is 30.3 Å². The Kier molecular flexibility index (Phi) is 6.98. The number of pyridine rings is 1. The molecule has 0 saturated carbocycles. The molecule has 170 valence electrons. The summed E-state index contributed by atoms with van der Waals surface area (Å²) in [6.45, 7) is 4.70. The Morgan fingerprint density at radius 3 is 2.55 bits per heavy atom. The molecule has 1 saturated heterocycles. The molecular formula is C27H29N3O2S. The van der Waals surface area contributed by atoms with Crippen LogP contribution in [0.5, 0.6) is 5.75 Å². The lowest BCUT2D eigenvalue weighted by molar-refractivity contribution is 0.0404. The van der Waals surface area contributed by atoms with Crippen molar-refractivity contribution in [2.24, 2.45) is 0 Å². The zero-order valence-electron chi connectivity index (χ0n) is 18.6. The number of ether oxygens (including phenoxy) is 1. The number of thiophene rings is 1. The number of aromatic nitrogens is 1. The first-order chi connectivity index (χ1) is 16.3. The lowest BCUT2D eigenvalue weighted by Crippen LogP contribution is -2.50. The van der Waals surface area contributed by atoms with E-state index >= 15 is 0 Å². The quantitative estimate of drug-likeness (QED) is 0.422. The number of fused-ring (bicyclic) bond motifs is 1. The fraction of sp³-hybridized carbons (Fsp3) is 0.296. The van der Waals surface area contributed by atoms with Gasteiger partial charge in [-0.05, 0) is 52.2 Å². The number of aliphatic hydroxyl groups is 1. The highest BCUT2D eigenvalue weighted by Gasteiger charge is 2.27. The average molecular weight is 460 g/mol. The minimum absolute atomic E-state index is 0.274. The third kappa shape index (κ3) is 5.25. The van der Waals surface area contributed by atoms with Crippen LogP contribution in [0.4, 0.5) is 0 Å². The van der Waals surface area contributed by atoms with Gasteiger partial charge in [0.25, 0.3) is 0 Å². The summed E-state index contributed by atoms with van der Waals surface area (Å²) in [6.07, 6.45) is 1.24. The van der Waals surface area contributed by atoms with Gasteiger partial charge in [-0.15, -0.1) is 0 Å². The van der Waals surface area contributed by atoms with Gasteiger partial charge in [0, 0.05) is 44.3 Å². The first-order valence-corrected chi connectivity index (χ1v) is 12.4. The molecule has 2 aromatic heterocycles. The molecule has 2 atom stereocenters. The second-order valence-electron chi connectivity index (χ2n) is 8.50. The van der Waals surface area contributed by atoms with E-state index < -0.39 is 6.10 Å². The number of nitrogens with zero attached hydrogens (tertiary/aromatic N) is 3. The summed E-state index contributed by atoms with van der Waals surface area (Å²) in [5, 5.41) is 16.0. The summed E-state index contributed by atoms with van der Waals surface area (Å²) in [4.78, 5) is 9.26. The van der Waals surface area contributed by atoms with Crippen molar-refractivity contribution in [1.82, 2.24) is 14.8 Å². The molecular weight excluding hydrogens is 430 g/mol. The summed E-state index contributed by atoms with van der Waals surface area (Å²) in [7, 11) is 0. The third-order valence-electron chi connectivity index (χ3n) is 6.25. The van der Waals surface area contributed by atoms with Gasteiger partial charge in [0.2, 0.25) is 0 Å². The standard InChI is InChI=1S/C27H29N3O2S/c31-23(19-32-26-10-4-9-25-24(26)8-5-12-28-25)18-29-13-15-30(16-14-29)27(22-11-17-33-20-22)21-6-2-1-3-7-21/h1-12,17,20,23,27,31H,13-16,18-19H2. The van der Waals surface area contributed by atoms with Crippen molar-refractivity contribution in [3.8, 4) is 5.75 Å². The van der Waals surface area contributed by atoms with E-state index in [1.54, 1.807) is 17.5 Å². The molecule has 0 radical (unpaired) electrons. The van der Waals surface area contributed by atoms with Crippen molar-refractivity contribution in [2.45, 2.75) is 12.1 Å². The molecule has 2 unspecified atom stereocenters. The van der Waals surface area contributed by atoms with Gasteiger partial charge in [0.15, 0.2) is 0 Å². The average Bonchev–Trinajstić information content (AvgIpc) is 3.39. The van der Waals surface area contributed by atoms with Crippen LogP contribution in [-0.4, -0.2) is 65.3 Å². The van der Waals surface area contributed by atoms with E-state index in [2.05, 4.69) is 61.9 Å². The Morgan fingerprint density at radius 1 is 0.909 bits per heavy atom. The number of aliphatic hydroxyl groups excluding tert-OH is 1. The summed E-state index contributed by atoms with van der Waals surface area (Å²) >= 11 is 1.75. The van der Waals surface area contributed by atoms with Gasteiger partial charge in [0.05, 0.1) is 11.6 Å². The molecule has 0 amide bonds. The van der Waals surface area contributed by atoms with Crippen LogP contribution in [0, 0.1) is 0 Å². The van der Waals surface area contributed by atoms with Crippen LogP contribution in [-0.2, 0) is 0 Å². The van der Waals surface area contributed by atoms with E-state index in [4.69, 9.17) is 4.74 Å². The minimum Gasteiger partial charge on any atom is -0.490 e. The highest BCUT2D eigenvalue weighted by molar-refractivity contribution is 7.08. The van der Waals surface area contributed by atoms with E-state index in [0.29, 0.717) is 6.54 Å². The summed E-state index contributed by atoms with van der Waals surface area (Å²) < 4.78 is 5.96. The predicted molar refractivity (Wildman–Crippen MR) is 134 cm³/mol. The number of rotatable bonds is 8. The van der Waals surface area contributed by atoms with Gasteiger partial charge in [0.1, 0.15) is 18.5 Å². The predicted octanol–water partition coefficient (Wildman–Crippen LogP) is 4.44. The Bertz CT molecular complexity index is 1140. The first-order valence-electron chi connectivity index (χ1n) is 11.5. The van der Waals surface area contributed by atoms with Crippen LogP contribution in [0.1, 0.15) is 17.2 Å². The van der Waals surface area contributed by atoms with Crippen molar-refractivity contribution >= 4 is 22.2 Å². The highest BCUT2D eigenvalue weighted by atomic mass is 32.1. The van der Waals surface area contributed by atoms with E-state index in [1.165, 1.54) is 11.1 Å². The van der Waals surface area contributed by atoms with E-state index in [9.17, 15) is 5.11 Å². The molecule has 1 N–H and O–H groups in total. The molecule has 6 heteroatoms. The van der Waals surface area contributed by atoms with Gasteiger partial charge in [-0.2, -0.15) is 11.3 Å². The molecule has 4 aromatic rings. The highest BCUT2D eigenvalue weighted by Crippen LogP contribution is 2.31. The third-order valence-corrected chi connectivity index (χ3v) is 6.95. The van der Waals surface area contributed by atoms with Gasteiger partial charge in [-0.3, -0.25) is 14.8 Å². The van der Waals surface area contributed by atoms with Crippen molar-refractivity contribution in [3.05, 3.63) is 94.8 Å². The molecule has 33 heavy (non-hydrogen) atoms. The van der Waals surface area contributed by atoms with Crippen LogP contribution in [0.25, 0.3) is 10.9 Å². The zero-order valence-corrected chi connectivity index (χ0v) is 19.4. The van der Waals surface area contributed by atoms with Crippen LogP contribution in [0.15, 0.2) is 83.7 Å². The summed E-state index contributed by atoms with van der Waals surface area (Å²) in [5.74, 6) is 0.769. The smallest absolute Gasteiger partial charge is 0.128 e. The fourth-order valence-electron chi connectivity index (χ4n) is 4.62. The maximum Gasteiger partial charge on any atom is 0.128 e. The molecule has 1 aliphatic heterocycles. The molecule has 3 heterocycles. The largest absolute Gasteiger partial charge is 0.490 e. The lowest BCUT2D eigenvalue weighted by atomic mass is 9.99. The van der Waals surface area contributed by atoms with Gasteiger partial charge in [-0.1, -0.05) is 36.4 Å². The second-order valence-corrected chi connectivity index (χ2v) is 9.28. The number of piperazine rings is 1. The molecule has 1 aliphatic rings. The Morgan fingerprint density at radius 2 is 1.76 bits per heavy atom. The first kappa shape index (κ1) is 22.0. The van der Waals surface area contributed by atoms with Crippen molar-refractivity contribution in [1.29, 1.82) is 0 Å². The molecule has 2 aromatic carbocycles. The Hall–Kier alpha value is -2.77. The topological polar surface area (TPSA) is 48.8 Å². The van der Waals surface area contributed by atoms with Crippen LogP contribution >= 0.6 is 11.3 Å². The summed E-state index contributed by atoms with van der Waals surface area (Å²) in [6, 6.07) is 23.0. The maximum atomic E-state index is 10.6. The van der Waals surface area contributed by atoms with Crippen LogP contribution < -0.4 is 4.74 Å². The van der Waals surface area contributed by atoms with Crippen molar-refractivity contribution in [3.63, 3.8) is 0 Å². The normalized spacial score (nSPS) is 17.1. The monoisotopic (exact) mass is 459 g/mol. The Labute approximate surface area is 198 Å². The number of hydrogen-bond donors (Lipinski definition) is 1. The second kappa shape index (κ2) is 10.4. The molecule has 5 rings (SSSR count). The van der Waals surface area contributed by atoms with Gasteiger partial charge < -0.3 is 9.84 Å². The lowest BCUT2D eigenvalue weighted by Gasteiger charge is -2.40. The van der Waals surface area contributed by atoms with Crippen LogP contribution in [0.2, 0.25) is 0 Å². The van der Waals surface area contributed by atoms with Crippen LogP contribution in [0.3, 0.4) is 0 Å². The maximum absolute atomic E-state index is 10.6.